The SMILES string of the molecule is CC(C)[C@@]12C[C@@H]1CO[C@@H](C)C2. The van der Waals surface area contributed by atoms with Gasteiger partial charge >= 0.3 is 0 Å². The van der Waals surface area contributed by atoms with E-state index in [1.54, 1.807) is 0 Å². The molecule has 0 bridgehead atoms. The number of hydrogen-bond donors (Lipinski definition) is 0. The predicted molar refractivity (Wildman–Crippen MR) is 45.4 cm³/mol. The molecular weight excluding hydrogens is 136 g/mol. The highest BCUT2D eigenvalue weighted by molar-refractivity contribution is 5.06. The van der Waals surface area contributed by atoms with E-state index in [-0.39, 0.29) is 0 Å². The van der Waals surface area contributed by atoms with Crippen LogP contribution in [0, 0.1) is 17.3 Å². The van der Waals surface area contributed by atoms with E-state index in [0.29, 0.717) is 11.5 Å². The minimum absolute atomic E-state index is 0.510. The van der Waals surface area contributed by atoms with Gasteiger partial charge in [-0.3, -0.25) is 0 Å². The highest BCUT2D eigenvalue weighted by Crippen LogP contribution is 2.63. The number of hydrogen-bond acceptors (Lipinski definition) is 1. The lowest BCUT2D eigenvalue weighted by Crippen LogP contribution is -2.28. The quantitative estimate of drug-likeness (QED) is 0.563. The molecule has 1 aliphatic carbocycles. The van der Waals surface area contributed by atoms with Gasteiger partial charge in [0.05, 0.1) is 12.7 Å². The van der Waals surface area contributed by atoms with E-state index in [1.807, 2.05) is 0 Å². The second kappa shape index (κ2) is 2.22. The Morgan fingerprint density at radius 3 is 2.64 bits per heavy atom. The molecule has 1 nitrogen and oxygen atoms in total. The monoisotopic (exact) mass is 154 g/mol. The number of ether oxygens (including phenoxy) is 1. The van der Waals surface area contributed by atoms with E-state index in [1.165, 1.54) is 12.8 Å². The molecule has 2 aliphatic rings. The summed E-state index contributed by atoms with van der Waals surface area (Å²) in [7, 11) is 0. The van der Waals surface area contributed by atoms with Gasteiger partial charge in [-0.05, 0) is 37.0 Å². The van der Waals surface area contributed by atoms with Crippen molar-refractivity contribution in [2.75, 3.05) is 6.61 Å². The lowest BCUT2D eigenvalue weighted by atomic mass is 9.83. The second-order valence-corrected chi connectivity index (χ2v) is 4.64. The van der Waals surface area contributed by atoms with Crippen molar-refractivity contribution in [3.05, 3.63) is 0 Å². The van der Waals surface area contributed by atoms with Crippen LogP contribution in [0.15, 0.2) is 0 Å². The first-order chi connectivity index (χ1) is 5.15. The Kier molecular flexibility index (Phi) is 1.54. The first-order valence-corrected chi connectivity index (χ1v) is 4.77. The Bertz CT molecular complexity index is 164. The van der Waals surface area contributed by atoms with E-state index in [9.17, 15) is 0 Å². The van der Waals surface area contributed by atoms with Gasteiger partial charge in [0.2, 0.25) is 0 Å². The summed E-state index contributed by atoms with van der Waals surface area (Å²) < 4.78 is 5.61. The Morgan fingerprint density at radius 2 is 2.09 bits per heavy atom. The molecule has 1 saturated heterocycles. The van der Waals surface area contributed by atoms with Gasteiger partial charge in [0.25, 0.3) is 0 Å². The second-order valence-electron chi connectivity index (χ2n) is 4.64. The minimum atomic E-state index is 0.510. The van der Waals surface area contributed by atoms with Gasteiger partial charge in [0.15, 0.2) is 0 Å². The Balaban J connectivity index is 2.06. The minimum Gasteiger partial charge on any atom is -0.378 e. The maximum Gasteiger partial charge on any atom is 0.0552 e. The van der Waals surface area contributed by atoms with Crippen molar-refractivity contribution in [1.29, 1.82) is 0 Å². The third-order valence-electron chi connectivity index (χ3n) is 3.68. The molecule has 1 aliphatic heterocycles. The van der Waals surface area contributed by atoms with Gasteiger partial charge < -0.3 is 4.74 Å². The van der Waals surface area contributed by atoms with Gasteiger partial charge in [0.1, 0.15) is 0 Å². The smallest absolute Gasteiger partial charge is 0.0552 e. The lowest BCUT2D eigenvalue weighted by Gasteiger charge is -2.30. The summed E-state index contributed by atoms with van der Waals surface area (Å²) in [5.74, 6) is 1.76. The molecule has 0 unspecified atom stereocenters. The van der Waals surface area contributed by atoms with Crippen LogP contribution in [-0.2, 0) is 4.74 Å². The van der Waals surface area contributed by atoms with Crippen molar-refractivity contribution in [2.45, 2.75) is 39.7 Å². The van der Waals surface area contributed by atoms with Crippen LogP contribution in [0.3, 0.4) is 0 Å². The van der Waals surface area contributed by atoms with E-state index in [4.69, 9.17) is 4.74 Å². The van der Waals surface area contributed by atoms with Gasteiger partial charge in [-0.2, -0.15) is 0 Å². The molecule has 0 radical (unpaired) electrons. The Hall–Kier alpha value is -0.0400. The molecule has 2 rings (SSSR count). The van der Waals surface area contributed by atoms with Gasteiger partial charge in [-0.15, -0.1) is 0 Å². The van der Waals surface area contributed by atoms with Crippen LogP contribution in [0.4, 0.5) is 0 Å². The molecule has 0 amide bonds. The molecule has 11 heavy (non-hydrogen) atoms. The molecule has 2 fully saturated rings. The Labute approximate surface area is 69.1 Å². The highest BCUT2D eigenvalue weighted by Gasteiger charge is 2.58. The van der Waals surface area contributed by atoms with Crippen LogP contribution in [-0.4, -0.2) is 12.7 Å². The molecule has 1 heteroatoms. The van der Waals surface area contributed by atoms with Gasteiger partial charge in [-0.1, -0.05) is 13.8 Å². The van der Waals surface area contributed by atoms with Crippen LogP contribution in [0.2, 0.25) is 0 Å². The average Bonchev–Trinajstić information content (AvgIpc) is 2.62. The summed E-state index contributed by atoms with van der Waals surface area (Å²) in [6.07, 6.45) is 3.24. The van der Waals surface area contributed by atoms with E-state index >= 15 is 0 Å². The maximum absolute atomic E-state index is 5.61. The molecule has 0 aromatic carbocycles. The van der Waals surface area contributed by atoms with Crippen molar-refractivity contribution in [2.24, 2.45) is 17.3 Å². The van der Waals surface area contributed by atoms with Crippen molar-refractivity contribution < 1.29 is 4.74 Å². The predicted octanol–water partition coefficient (Wildman–Crippen LogP) is 2.46. The summed E-state index contributed by atoms with van der Waals surface area (Å²) in [6, 6.07) is 0. The first-order valence-electron chi connectivity index (χ1n) is 4.77. The molecule has 0 aromatic rings. The number of rotatable bonds is 1. The fourth-order valence-electron chi connectivity index (χ4n) is 2.69. The molecule has 1 saturated carbocycles. The van der Waals surface area contributed by atoms with E-state index in [2.05, 4.69) is 20.8 Å². The third-order valence-corrected chi connectivity index (χ3v) is 3.68. The van der Waals surface area contributed by atoms with Crippen LogP contribution >= 0.6 is 0 Å². The fraction of sp³-hybridized carbons (Fsp3) is 1.00. The first kappa shape index (κ1) is 7.60. The molecule has 3 atom stereocenters. The van der Waals surface area contributed by atoms with Gasteiger partial charge in [0, 0.05) is 0 Å². The van der Waals surface area contributed by atoms with E-state index < -0.39 is 0 Å². The van der Waals surface area contributed by atoms with Crippen LogP contribution in [0.25, 0.3) is 0 Å². The van der Waals surface area contributed by atoms with Crippen molar-refractivity contribution in [3.8, 4) is 0 Å². The molecule has 1 heterocycles. The lowest BCUT2D eigenvalue weighted by molar-refractivity contribution is -0.0129. The zero-order valence-electron chi connectivity index (χ0n) is 7.76. The van der Waals surface area contributed by atoms with Crippen LogP contribution in [0.1, 0.15) is 33.6 Å². The largest absolute Gasteiger partial charge is 0.378 e. The summed E-state index contributed by atoms with van der Waals surface area (Å²) in [4.78, 5) is 0. The summed E-state index contributed by atoms with van der Waals surface area (Å²) >= 11 is 0. The van der Waals surface area contributed by atoms with Crippen LogP contribution < -0.4 is 0 Å². The zero-order valence-corrected chi connectivity index (χ0v) is 7.76. The zero-order chi connectivity index (χ0) is 8.06. The van der Waals surface area contributed by atoms with Crippen molar-refractivity contribution >= 4 is 0 Å². The summed E-state index contributed by atoms with van der Waals surface area (Å²) in [5.41, 5.74) is 0.692. The van der Waals surface area contributed by atoms with Gasteiger partial charge in [-0.25, -0.2) is 0 Å². The topological polar surface area (TPSA) is 9.23 Å². The molecule has 0 spiro atoms. The summed E-state index contributed by atoms with van der Waals surface area (Å²) in [5, 5.41) is 0. The molecule has 0 aromatic heterocycles. The third kappa shape index (κ3) is 1.01. The van der Waals surface area contributed by atoms with Crippen LogP contribution in [0.5, 0.6) is 0 Å². The number of fused-ring (bicyclic) bond motifs is 1. The normalized spacial score (nSPS) is 49.1. The van der Waals surface area contributed by atoms with E-state index in [0.717, 1.165) is 18.4 Å². The van der Waals surface area contributed by atoms with Crippen molar-refractivity contribution in [3.63, 3.8) is 0 Å². The standard InChI is InChI=1S/C10H18O/c1-7(2)10-4-8(3)11-6-9(10)5-10/h7-9H,4-6H2,1-3H3/t8-,9+,10+/m0/s1. The average molecular weight is 154 g/mol. The fourth-order valence-corrected chi connectivity index (χ4v) is 2.69. The molecule has 0 N–H and O–H groups in total. The van der Waals surface area contributed by atoms with Crippen molar-refractivity contribution in [1.82, 2.24) is 0 Å². The molecule has 64 valence electrons. The molecular formula is C10H18O. The maximum atomic E-state index is 5.61. The highest BCUT2D eigenvalue weighted by atomic mass is 16.5. The Morgan fingerprint density at radius 1 is 1.36 bits per heavy atom. The summed E-state index contributed by atoms with van der Waals surface area (Å²) in [6.45, 7) is 7.95.